The molecule has 1 heterocycles. The minimum Gasteiger partial charge on any atom is -0.344 e. The van der Waals surface area contributed by atoms with Crippen LogP contribution in [0.2, 0.25) is 10.0 Å². The Hall–Kier alpha value is -3.16. The Morgan fingerprint density at radius 2 is 1.68 bits per heavy atom. The minimum absolute atomic E-state index is 0.0309. The van der Waals surface area contributed by atoms with Gasteiger partial charge in [-0.25, -0.2) is 8.42 Å². The molecule has 1 saturated carbocycles. The number of likely N-dealkylation sites (tertiary alicyclic amines) is 1. The molecule has 1 aliphatic heterocycles. The highest BCUT2D eigenvalue weighted by Crippen LogP contribution is 2.51. The number of amides is 3. The highest BCUT2D eigenvalue weighted by molar-refractivity contribution is 7.92. The van der Waals surface area contributed by atoms with Crippen molar-refractivity contribution in [3.05, 3.63) is 64.1 Å². The number of nitrogens with one attached hydrogen (secondary N) is 2. The number of Topliss-reactive ketones (excluding diaryl/α,β-unsaturated/α-hetero) is 1. The molecule has 2 N–H and O–H groups in total. The summed E-state index contributed by atoms with van der Waals surface area (Å²) >= 11 is 12.2. The van der Waals surface area contributed by atoms with E-state index in [4.69, 9.17) is 23.2 Å². The number of ketones is 1. The molecule has 44 heavy (non-hydrogen) atoms. The fraction of sp³-hybridized carbons (Fsp3) is 0.448. The molecule has 3 atom stereocenters. The van der Waals surface area contributed by atoms with Gasteiger partial charge in [-0.2, -0.15) is 13.2 Å². The van der Waals surface area contributed by atoms with E-state index in [1.165, 1.54) is 28.4 Å². The first kappa shape index (κ1) is 33.7. The van der Waals surface area contributed by atoms with E-state index < -0.39 is 68.8 Å². The molecule has 2 aromatic carbocycles. The molecule has 0 bridgehead atoms. The third-order valence-corrected chi connectivity index (χ3v) is 10.7. The number of hydrogen-bond acceptors (Lipinski definition) is 6. The van der Waals surface area contributed by atoms with Crippen molar-refractivity contribution in [2.45, 2.75) is 72.8 Å². The standard InChI is InChI=1S/C29H30Cl2F3N3O6S/c1-2-5-21(24(38)26(40)35-16-29(32,33)34)36-25(39)22-14-19(44(42,43)23-7-4-3-6-20(23)31)15-37(22)27(41)28(12-13-28)17-8-10-18(30)11-9-17/h3-4,6-11,19,21-22H,2,5,12-16H2,1H3,(H,35,40)(H,36,39)/t19-,21?,22+/m1/s1. The second-order valence-corrected chi connectivity index (χ2v) is 13.9. The highest BCUT2D eigenvalue weighted by atomic mass is 35.5. The van der Waals surface area contributed by atoms with E-state index in [9.17, 15) is 40.8 Å². The molecule has 0 aromatic heterocycles. The Kier molecular flexibility index (Phi) is 10.0. The quantitative estimate of drug-likeness (QED) is 0.347. The van der Waals surface area contributed by atoms with Crippen LogP contribution in [0, 0.1) is 0 Å². The molecule has 1 aliphatic carbocycles. The van der Waals surface area contributed by atoms with Crippen molar-refractivity contribution in [3.63, 3.8) is 0 Å². The minimum atomic E-state index is -4.75. The van der Waals surface area contributed by atoms with Crippen LogP contribution in [0.4, 0.5) is 13.2 Å². The SMILES string of the molecule is CCCC(NC(=O)[C@@H]1C[C@@H](S(=O)(=O)c2ccccc2Cl)CN1C(=O)C1(c2ccc(Cl)cc2)CC1)C(=O)C(=O)NCC(F)(F)F. The average molecular weight is 677 g/mol. The smallest absolute Gasteiger partial charge is 0.344 e. The topological polar surface area (TPSA) is 130 Å². The van der Waals surface area contributed by atoms with E-state index >= 15 is 0 Å². The first-order chi connectivity index (χ1) is 20.6. The normalized spacial score (nSPS) is 20.1. The lowest BCUT2D eigenvalue weighted by atomic mass is 9.94. The molecule has 1 saturated heterocycles. The Labute approximate surface area is 262 Å². The van der Waals surface area contributed by atoms with Gasteiger partial charge in [0.05, 0.1) is 26.6 Å². The summed E-state index contributed by atoms with van der Waals surface area (Å²) in [5.74, 6) is -4.21. The lowest BCUT2D eigenvalue weighted by Gasteiger charge is -2.29. The maximum atomic E-state index is 14.1. The van der Waals surface area contributed by atoms with Crippen LogP contribution in [-0.2, 0) is 34.4 Å². The summed E-state index contributed by atoms with van der Waals surface area (Å²) in [4.78, 5) is 53.7. The fourth-order valence-corrected chi connectivity index (χ4v) is 7.74. The lowest BCUT2D eigenvalue weighted by molar-refractivity contribution is -0.147. The molecule has 9 nitrogen and oxygen atoms in total. The number of carbonyl (C=O) groups is 4. The number of nitrogens with zero attached hydrogens (tertiary/aromatic N) is 1. The molecular formula is C29H30Cl2F3N3O6S. The molecule has 15 heteroatoms. The number of benzene rings is 2. The maximum absolute atomic E-state index is 14.1. The van der Waals surface area contributed by atoms with Gasteiger partial charge in [-0.3, -0.25) is 19.2 Å². The van der Waals surface area contributed by atoms with Gasteiger partial charge < -0.3 is 15.5 Å². The molecule has 2 aromatic rings. The van der Waals surface area contributed by atoms with Crippen molar-refractivity contribution in [2.24, 2.45) is 0 Å². The molecule has 2 fully saturated rings. The summed E-state index contributed by atoms with van der Waals surface area (Å²) in [6.45, 7) is -0.442. The second-order valence-electron chi connectivity index (χ2n) is 10.9. The van der Waals surface area contributed by atoms with Gasteiger partial charge in [0, 0.05) is 11.6 Å². The molecule has 0 spiro atoms. The maximum Gasteiger partial charge on any atom is 0.405 e. The van der Waals surface area contributed by atoms with Gasteiger partial charge in [-0.05, 0) is 55.5 Å². The predicted molar refractivity (Wildman–Crippen MR) is 156 cm³/mol. The zero-order valence-electron chi connectivity index (χ0n) is 23.5. The third-order valence-electron chi connectivity index (χ3n) is 7.85. The number of alkyl halides is 3. The van der Waals surface area contributed by atoms with E-state index in [2.05, 4.69) is 5.32 Å². The van der Waals surface area contributed by atoms with Crippen molar-refractivity contribution in [1.82, 2.24) is 15.5 Å². The van der Waals surface area contributed by atoms with Crippen molar-refractivity contribution in [2.75, 3.05) is 13.1 Å². The Balaban J connectivity index is 1.64. The van der Waals surface area contributed by atoms with Gasteiger partial charge in [-0.15, -0.1) is 0 Å². The molecule has 4 rings (SSSR count). The molecule has 2 aliphatic rings. The van der Waals surface area contributed by atoms with Crippen molar-refractivity contribution in [3.8, 4) is 0 Å². The van der Waals surface area contributed by atoms with Crippen molar-refractivity contribution >= 4 is 56.5 Å². The van der Waals surface area contributed by atoms with Crippen LogP contribution >= 0.6 is 23.2 Å². The van der Waals surface area contributed by atoms with Gasteiger partial charge in [0.25, 0.3) is 5.91 Å². The van der Waals surface area contributed by atoms with Crippen molar-refractivity contribution < 1.29 is 40.8 Å². The second kappa shape index (κ2) is 13.1. The zero-order valence-corrected chi connectivity index (χ0v) is 25.8. The molecular weight excluding hydrogens is 646 g/mol. The summed E-state index contributed by atoms with van der Waals surface area (Å²) in [7, 11) is -4.15. The molecule has 1 unspecified atom stereocenters. The number of hydrogen-bond donors (Lipinski definition) is 2. The average Bonchev–Trinajstić information content (AvgIpc) is 3.65. The van der Waals surface area contributed by atoms with Crippen LogP contribution in [0.5, 0.6) is 0 Å². The van der Waals surface area contributed by atoms with E-state index in [1.807, 2.05) is 0 Å². The number of halogens is 5. The lowest BCUT2D eigenvalue weighted by Crippen LogP contribution is -2.54. The van der Waals surface area contributed by atoms with Gasteiger partial charge in [0.15, 0.2) is 9.84 Å². The first-order valence-corrected chi connectivity index (χ1v) is 16.2. The zero-order chi connectivity index (χ0) is 32.4. The van der Waals surface area contributed by atoms with Gasteiger partial charge in [0.1, 0.15) is 12.6 Å². The van der Waals surface area contributed by atoms with Gasteiger partial charge in [0.2, 0.25) is 17.6 Å². The van der Waals surface area contributed by atoms with Crippen LogP contribution < -0.4 is 10.6 Å². The third kappa shape index (κ3) is 7.21. The molecule has 3 amide bonds. The highest BCUT2D eigenvalue weighted by Gasteiger charge is 2.57. The van der Waals surface area contributed by atoms with E-state index in [0.717, 1.165) is 0 Å². The molecule has 238 valence electrons. The van der Waals surface area contributed by atoms with Crippen molar-refractivity contribution in [1.29, 1.82) is 0 Å². The van der Waals surface area contributed by atoms with E-state index in [0.29, 0.717) is 23.4 Å². The van der Waals surface area contributed by atoms with E-state index in [-0.39, 0.29) is 35.7 Å². The summed E-state index contributed by atoms with van der Waals surface area (Å²) < 4.78 is 65.1. The Morgan fingerprint density at radius 3 is 2.25 bits per heavy atom. The first-order valence-electron chi connectivity index (χ1n) is 13.9. The van der Waals surface area contributed by atoms with Crippen LogP contribution in [0.1, 0.15) is 44.6 Å². The Morgan fingerprint density at radius 1 is 1.05 bits per heavy atom. The predicted octanol–water partition coefficient (Wildman–Crippen LogP) is 4.00. The monoisotopic (exact) mass is 675 g/mol. The number of carbonyl (C=O) groups excluding carboxylic acids is 4. The Bertz CT molecular complexity index is 1550. The van der Waals surface area contributed by atoms with Crippen LogP contribution in [0.15, 0.2) is 53.4 Å². The summed E-state index contributed by atoms with van der Waals surface area (Å²) in [6.07, 6.45) is -4.02. The number of rotatable bonds is 11. The summed E-state index contributed by atoms with van der Waals surface area (Å²) in [5.41, 5.74) is -0.369. The fourth-order valence-electron chi connectivity index (χ4n) is 5.40. The summed E-state index contributed by atoms with van der Waals surface area (Å²) in [6, 6.07) is 9.53. The number of sulfone groups is 1. The molecule has 0 radical (unpaired) electrons. The van der Waals surface area contributed by atoms with Crippen LogP contribution in [-0.4, -0.2) is 73.4 Å². The van der Waals surface area contributed by atoms with Gasteiger partial charge >= 0.3 is 6.18 Å². The van der Waals surface area contributed by atoms with Crippen LogP contribution in [0.25, 0.3) is 0 Å². The summed E-state index contributed by atoms with van der Waals surface area (Å²) in [5, 5.41) is 3.09. The van der Waals surface area contributed by atoms with Crippen LogP contribution in [0.3, 0.4) is 0 Å². The largest absolute Gasteiger partial charge is 0.405 e. The van der Waals surface area contributed by atoms with Gasteiger partial charge in [-0.1, -0.05) is 60.8 Å². The van der Waals surface area contributed by atoms with E-state index in [1.54, 1.807) is 37.3 Å².